The minimum Gasteiger partial charge on any atom is -0.365 e. The van der Waals surface area contributed by atoms with Crippen LogP contribution in [0, 0.1) is 6.92 Å². The van der Waals surface area contributed by atoms with Gasteiger partial charge in [-0.05, 0) is 36.4 Å². The highest BCUT2D eigenvalue weighted by Crippen LogP contribution is 2.28. The molecule has 8 heteroatoms. The minimum absolute atomic E-state index is 0.0675. The summed E-state index contributed by atoms with van der Waals surface area (Å²) in [7, 11) is 0. The number of benzene rings is 1. The van der Waals surface area contributed by atoms with Gasteiger partial charge < -0.3 is 5.73 Å². The number of nitrogens with two attached hydrogens (primary N) is 1. The number of carbonyl (C=O) groups excluding carboxylic acids is 1. The fourth-order valence-electron chi connectivity index (χ4n) is 2.42. The third-order valence-corrected chi connectivity index (χ3v) is 4.38. The van der Waals surface area contributed by atoms with Crippen molar-refractivity contribution in [2.24, 2.45) is 5.73 Å². The zero-order valence-electron chi connectivity index (χ0n) is 12.6. The summed E-state index contributed by atoms with van der Waals surface area (Å²) in [5.74, 6) is 0.758. The van der Waals surface area contributed by atoms with Gasteiger partial charge in [0, 0.05) is 10.5 Å². The summed E-state index contributed by atoms with van der Waals surface area (Å²) >= 11 is 7.63. The maximum absolute atomic E-state index is 11.9. The molecule has 0 unspecified atom stereocenters. The summed E-state index contributed by atoms with van der Waals surface area (Å²) in [6.45, 7) is 3.81. The summed E-state index contributed by atoms with van der Waals surface area (Å²) in [6, 6.07) is 7.84. The molecule has 0 aliphatic carbocycles. The van der Waals surface area contributed by atoms with Crippen LogP contribution in [0.5, 0.6) is 0 Å². The van der Waals surface area contributed by atoms with E-state index < -0.39 is 5.91 Å². The maximum atomic E-state index is 11.9. The lowest BCUT2D eigenvalue weighted by Crippen LogP contribution is -2.18. The van der Waals surface area contributed by atoms with E-state index in [1.807, 2.05) is 24.3 Å². The van der Waals surface area contributed by atoms with Crippen LogP contribution in [0.25, 0.3) is 17.0 Å². The molecule has 118 valence electrons. The normalized spacial score (nSPS) is 11.1. The van der Waals surface area contributed by atoms with Crippen molar-refractivity contribution in [2.45, 2.75) is 18.7 Å². The molecular formula is C15H14ClN5OS. The van der Waals surface area contributed by atoms with Crippen LogP contribution >= 0.6 is 23.4 Å². The summed E-state index contributed by atoms with van der Waals surface area (Å²) in [5.41, 5.74) is 7.71. The average Bonchev–Trinajstić information content (AvgIpc) is 2.86. The molecule has 0 aliphatic heterocycles. The quantitative estimate of drug-likeness (QED) is 0.733. The van der Waals surface area contributed by atoms with E-state index in [2.05, 4.69) is 22.0 Å². The monoisotopic (exact) mass is 347 g/mol. The number of amides is 1. The van der Waals surface area contributed by atoms with Gasteiger partial charge in [0.1, 0.15) is 0 Å². The van der Waals surface area contributed by atoms with Crippen molar-refractivity contribution < 1.29 is 4.79 Å². The minimum atomic E-state index is -0.564. The van der Waals surface area contributed by atoms with Crippen LogP contribution in [0.15, 0.2) is 29.2 Å². The van der Waals surface area contributed by atoms with Gasteiger partial charge >= 0.3 is 0 Å². The second-order valence-electron chi connectivity index (χ2n) is 4.84. The largest absolute Gasteiger partial charge is 0.365 e. The molecule has 2 heterocycles. The molecule has 0 spiro atoms. The Hall–Kier alpha value is -2.12. The van der Waals surface area contributed by atoms with Crippen molar-refractivity contribution in [2.75, 3.05) is 5.75 Å². The van der Waals surface area contributed by atoms with E-state index in [4.69, 9.17) is 17.3 Å². The second kappa shape index (κ2) is 6.17. The van der Waals surface area contributed by atoms with E-state index >= 15 is 0 Å². The van der Waals surface area contributed by atoms with Crippen LogP contribution in [0.3, 0.4) is 0 Å². The number of rotatable bonds is 4. The molecule has 0 atom stereocenters. The van der Waals surface area contributed by atoms with E-state index in [0.29, 0.717) is 22.7 Å². The Bertz CT molecular complexity index is 891. The first-order chi connectivity index (χ1) is 11.0. The molecule has 3 rings (SSSR count). The van der Waals surface area contributed by atoms with Gasteiger partial charge in [-0.1, -0.05) is 19.1 Å². The van der Waals surface area contributed by atoms with E-state index in [1.165, 1.54) is 4.52 Å². The summed E-state index contributed by atoms with van der Waals surface area (Å²) in [4.78, 5) is 21.4. The Morgan fingerprint density at radius 2 is 2.00 bits per heavy atom. The predicted molar refractivity (Wildman–Crippen MR) is 90.9 cm³/mol. The van der Waals surface area contributed by atoms with Gasteiger partial charge in [0.05, 0.1) is 17.0 Å². The molecule has 2 aromatic heterocycles. The zero-order chi connectivity index (χ0) is 16.6. The predicted octanol–water partition coefficient (Wildman–Crippen LogP) is 2.96. The van der Waals surface area contributed by atoms with Crippen molar-refractivity contribution in [1.29, 1.82) is 0 Å². The van der Waals surface area contributed by atoms with Crippen molar-refractivity contribution in [1.82, 2.24) is 19.6 Å². The van der Waals surface area contributed by atoms with Gasteiger partial charge in [0.2, 0.25) is 5.28 Å². The van der Waals surface area contributed by atoms with Crippen LogP contribution in [0.2, 0.25) is 5.28 Å². The van der Waals surface area contributed by atoms with E-state index in [-0.39, 0.29) is 5.28 Å². The van der Waals surface area contributed by atoms with E-state index in [1.54, 1.807) is 18.7 Å². The molecule has 23 heavy (non-hydrogen) atoms. The van der Waals surface area contributed by atoms with E-state index in [0.717, 1.165) is 16.2 Å². The molecule has 0 bridgehead atoms. The standard InChI is InChI=1S/C15H14ClN5OS/c1-3-23-10-6-4-9(5-7-10)12-11(13(17)22)8(2)18-15-19-14(16)20-21(12)15/h4-7H,3H2,1-2H3,(H2,17,22). The molecule has 1 amide bonds. The summed E-state index contributed by atoms with van der Waals surface area (Å²) in [6.07, 6.45) is 0. The Morgan fingerprint density at radius 3 is 2.61 bits per heavy atom. The molecule has 3 aromatic rings. The van der Waals surface area contributed by atoms with Gasteiger partial charge in [0.25, 0.3) is 11.7 Å². The van der Waals surface area contributed by atoms with Gasteiger partial charge in [-0.2, -0.15) is 9.50 Å². The fourth-order valence-corrected chi connectivity index (χ4v) is 3.24. The first-order valence-corrected chi connectivity index (χ1v) is 8.33. The lowest BCUT2D eigenvalue weighted by Gasteiger charge is -2.11. The lowest BCUT2D eigenvalue weighted by molar-refractivity contribution is 0.0999. The van der Waals surface area contributed by atoms with Crippen LogP contribution in [0.4, 0.5) is 0 Å². The Kier molecular flexibility index (Phi) is 4.23. The number of carbonyl (C=O) groups is 1. The molecule has 6 nitrogen and oxygen atoms in total. The number of nitrogens with zero attached hydrogens (tertiary/aromatic N) is 4. The summed E-state index contributed by atoms with van der Waals surface area (Å²) in [5, 5.41) is 4.20. The molecule has 0 aliphatic rings. The first kappa shape index (κ1) is 15.8. The average molecular weight is 348 g/mol. The number of thioether (sulfide) groups is 1. The number of hydrogen-bond donors (Lipinski definition) is 1. The fraction of sp³-hybridized carbons (Fsp3) is 0.200. The molecule has 0 saturated carbocycles. The number of halogens is 1. The molecule has 1 aromatic carbocycles. The SMILES string of the molecule is CCSc1ccc(-c2c(C(N)=O)c(C)nc3nc(Cl)nn23)cc1. The topological polar surface area (TPSA) is 86.2 Å². The van der Waals surface area contributed by atoms with Crippen molar-refractivity contribution in [3.8, 4) is 11.3 Å². The molecule has 0 saturated heterocycles. The van der Waals surface area contributed by atoms with Gasteiger partial charge in [-0.25, -0.2) is 4.98 Å². The third kappa shape index (κ3) is 2.89. The molecular weight excluding hydrogens is 334 g/mol. The first-order valence-electron chi connectivity index (χ1n) is 6.97. The van der Waals surface area contributed by atoms with Crippen LogP contribution < -0.4 is 5.73 Å². The summed E-state index contributed by atoms with van der Waals surface area (Å²) < 4.78 is 1.46. The Labute approximate surface area is 142 Å². The number of aromatic nitrogens is 4. The van der Waals surface area contributed by atoms with Crippen molar-refractivity contribution in [3.63, 3.8) is 0 Å². The van der Waals surface area contributed by atoms with Crippen molar-refractivity contribution in [3.05, 3.63) is 40.8 Å². The number of primary amides is 1. The van der Waals surface area contributed by atoms with Crippen LogP contribution in [-0.2, 0) is 0 Å². The maximum Gasteiger partial charge on any atom is 0.254 e. The highest BCUT2D eigenvalue weighted by Gasteiger charge is 2.21. The van der Waals surface area contributed by atoms with Gasteiger partial charge in [-0.15, -0.1) is 16.9 Å². The number of hydrogen-bond acceptors (Lipinski definition) is 5. The second-order valence-corrected chi connectivity index (χ2v) is 6.51. The lowest BCUT2D eigenvalue weighted by atomic mass is 10.0. The van der Waals surface area contributed by atoms with E-state index in [9.17, 15) is 4.79 Å². The smallest absolute Gasteiger partial charge is 0.254 e. The number of aryl methyl sites for hydroxylation is 1. The van der Waals surface area contributed by atoms with Gasteiger partial charge in [-0.3, -0.25) is 4.79 Å². The Morgan fingerprint density at radius 1 is 1.30 bits per heavy atom. The molecule has 2 N–H and O–H groups in total. The van der Waals surface area contributed by atoms with Gasteiger partial charge in [0.15, 0.2) is 0 Å². The zero-order valence-corrected chi connectivity index (χ0v) is 14.1. The highest BCUT2D eigenvalue weighted by molar-refractivity contribution is 7.99. The highest BCUT2D eigenvalue weighted by atomic mass is 35.5. The van der Waals surface area contributed by atoms with Crippen LogP contribution in [-0.4, -0.2) is 31.2 Å². The number of fused-ring (bicyclic) bond motifs is 1. The van der Waals surface area contributed by atoms with Crippen molar-refractivity contribution >= 4 is 35.0 Å². The molecule has 0 fully saturated rings. The Balaban J connectivity index is 2.28. The molecule has 0 radical (unpaired) electrons. The van der Waals surface area contributed by atoms with Crippen LogP contribution in [0.1, 0.15) is 23.0 Å². The third-order valence-electron chi connectivity index (χ3n) is 3.33.